The summed E-state index contributed by atoms with van der Waals surface area (Å²) in [5.41, 5.74) is 2.23. The maximum atomic E-state index is 12.2. The van der Waals surface area contributed by atoms with E-state index in [1.807, 2.05) is 30.3 Å². The number of carbonyl (C=O) groups is 1. The highest BCUT2D eigenvalue weighted by Crippen LogP contribution is 2.43. The van der Waals surface area contributed by atoms with Crippen LogP contribution >= 0.6 is 11.6 Å². The number of nitrogens with zero attached hydrogens (tertiary/aromatic N) is 8. The van der Waals surface area contributed by atoms with Crippen molar-refractivity contribution in [2.75, 3.05) is 36.0 Å². The SMILES string of the molecule is CC(=O)N1Cc2cc(Cl)ccc2-n2c(nnc2N2CC3(CN(c4cccnn4)C3)C2)C1. The second-order valence-electron chi connectivity index (χ2n) is 8.69. The van der Waals surface area contributed by atoms with E-state index in [-0.39, 0.29) is 11.3 Å². The third-order valence-electron chi connectivity index (χ3n) is 6.40. The van der Waals surface area contributed by atoms with E-state index in [0.29, 0.717) is 18.1 Å². The first-order valence-corrected chi connectivity index (χ1v) is 10.7. The fraction of sp³-hybridized carbons (Fsp3) is 0.381. The molecule has 0 aliphatic carbocycles. The van der Waals surface area contributed by atoms with Gasteiger partial charge < -0.3 is 14.7 Å². The molecule has 2 aromatic heterocycles. The molecule has 0 bridgehead atoms. The van der Waals surface area contributed by atoms with Gasteiger partial charge in [0.05, 0.1) is 12.2 Å². The van der Waals surface area contributed by atoms with Gasteiger partial charge in [-0.15, -0.1) is 15.3 Å². The van der Waals surface area contributed by atoms with Gasteiger partial charge >= 0.3 is 0 Å². The molecule has 5 heterocycles. The van der Waals surface area contributed by atoms with Gasteiger partial charge in [0.25, 0.3) is 0 Å². The number of carbonyl (C=O) groups excluding carboxylic acids is 1. The highest BCUT2D eigenvalue weighted by molar-refractivity contribution is 6.30. The van der Waals surface area contributed by atoms with E-state index >= 15 is 0 Å². The minimum Gasteiger partial charge on any atom is -0.354 e. The van der Waals surface area contributed by atoms with Gasteiger partial charge in [-0.05, 0) is 35.9 Å². The molecular formula is C21H21ClN8O. The molecule has 2 fully saturated rings. The number of amides is 1. The molecule has 0 N–H and O–H groups in total. The molecule has 1 aromatic carbocycles. The van der Waals surface area contributed by atoms with Crippen molar-refractivity contribution in [1.29, 1.82) is 0 Å². The van der Waals surface area contributed by atoms with Gasteiger partial charge in [-0.1, -0.05) is 11.6 Å². The van der Waals surface area contributed by atoms with Crippen LogP contribution in [-0.4, -0.2) is 61.9 Å². The zero-order chi connectivity index (χ0) is 21.2. The average molecular weight is 437 g/mol. The Balaban J connectivity index is 1.27. The lowest BCUT2D eigenvalue weighted by molar-refractivity contribution is -0.130. The molecule has 9 nitrogen and oxygen atoms in total. The molecule has 1 spiro atoms. The predicted molar refractivity (Wildman–Crippen MR) is 115 cm³/mol. The lowest BCUT2D eigenvalue weighted by Crippen LogP contribution is -2.73. The van der Waals surface area contributed by atoms with E-state index in [2.05, 4.69) is 34.8 Å². The topological polar surface area (TPSA) is 83.3 Å². The van der Waals surface area contributed by atoms with Gasteiger partial charge in [0.1, 0.15) is 0 Å². The van der Waals surface area contributed by atoms with Crippen LogP contribution in [0.5, 0.6) is 0 Å². The predicted octanol–water partition coefficient (Wildman–Crippen LogP) is 1.90. The molecule has 1 amide bonds. The Morgan fingerprint density at radius 1 is 1.03 bits per heavy atom. The zero-order valence-electron chi connectivity index (χ0n) is 17.1. The summed E-state index contributed by atoms with van der Waals surface area (Å²) >= 11 is 6.26. The molecule has 3 aliphatic heterocycles. The quantitative estimate of drug-likeness (QED) is 0.606. The number of fused-ring (bicyclic) bond motifs is 3. The minimum absolute atomic E-state index is 0.00500. The third kappa shape index (κ3) is 2.95. The van der Waals surface area contributed by atoms with Gasteiger partial charge in [-0.2, -0.15) is 5.10 Å². The molecule has 3 aliphatic rings. The van der Waals surface area contributed by atoms with E-state index in [4.69, 9.17) is 11.6 Å². The highest BCUT2D eigenvalue weighted by atomic mass is 35.5. The summed E-state index contributed by atoms with van der Waals surface area (Å²) in [5.74, 6) is 2.53. The lowest BCUT2D eigenvalue weighted by atomic mass is 9.73. The Bertz CT molecular complexity index is 1170. The van der Waals surface area contributed by atoms with Crippen LogP contribution in [-0.2, 0) is 17.9 Å². The van der Waals surface area contributed by atoms with E-state index in [1.165, 1.54) is 0 Å². The number of anilines is 2. The Kier molecular flexibility index (Phi) is 3.98. The maximum Gasteiger partial charge on any atom is 0.232 e. The largest absolute Gasteiger partial charge is 0.354 e. The molecule has 10 heteroatoms. The van der Waals surface area contributed by atoms with Crippen molar-refractivity contribution in [2.45, 2.75) is 20.0 Å². The standard InChI is InChI=1S/C21H21ClN8O/c1-14(31)27-8-15-7-16(22)4-5-17(15)30-19(9-27)25-26-20(30)29-12-21(13-29)10-28(11-21)18-3-2-6-23-24-18/h2-7H,8-13H2,1H3. The number of aromatic nitrogens is 5. The number of hydrogen-bond donors (Lipinski definition) is 0. The van der Waals surface area contributed by atoms with Gasteiger partial charge in [0, 0.05) is 56.3 Å². The van der Waals surface area contributed by atoms with Crippen LogP contribution in [0.3, 0.4) is 0 Å². The molecule has 0 unspecified atom stereocenters. The van der Waals surface area contributed by atoms with E-state index in [9.17, 15) is 4.79 Å². The Labute approximate surface area is 184 Å². The first-order chi connectivity index (χ1) is 15.0. The summed E-state index contributed by atoms with van der Waals surface area (Å²) in [4.78, 5) is 18.5. The fourth-order valence-corrected chi connectivity index (χ4v) is 5.10. The van der Waals surface area contributed by atoms with Crippen molar-refractivity contribution < 1.29 is 4.79 Å². The minimum atomic E-state index is 0.00500. The summed E-state index contributed by atoms with van der Waals surface area (Å²) in [6.07, 6.45) is 1.69. The molecule has 0 radical (unpaired) electrons. The molecule has 2 saturated heterocycles. The van der Waals surface area contributed by atoms with Crippen molar-refractivity contribution >= 4 is 29.3 Å². The lowest BCUT2D eigenvalue weighted by Gasteiger charge is -2.60. The third-order valence-corrected chi connectivity index (χ3v) is 6.64. The molecular weight excluding hydrogens is 416 g/mol. The highest BCUT2D eigenvalue weighted by Gasteiger charge is 2.53. The van der Waals surface area contributed by atoms with Gasteiger partial charge in [-0.25, -0.2) is 0 Å². The second kappa shape index (κ2) is 6.65. The summed E-state index contributed by atoms with van der Waals surface area (Å²) in [5, 5.41) is 17.8. The van der Waals surface area contributed by atoms with Gasteiger partial charge in [0.15, 0.2) is 11.6 Å². The monoisotopic (exact) mass is 436 g/mol. The molecule has 0 atom stereocenters. The molecule has 6 rings (SSSR count). The van der Waals surface area contributed by atoms with Crippen molar-refractivity contribution in [1.82, 2.24) is 29.9 Å². The van der Waals surface area contributed by atoms with Crippen molar-refractivity contribution in [3.63, 3.8) is 0 Å². The maximum absolute atomic E-state index is 12.2. The van der Waals surface area contributed by atoms with Crippen molar-refractivity contribution in [3.8, 4) is 5.69 Å². The smallest absolute Gasteiger partial charge is 0.232 e. The van der Waals surface area contributed by atoms with E-state index < -0.39 is 0 Å². The Morgan fingerprint density at radius 3 is 2.58 bits per heavy atom. The number of benzene rings is 1. The first-order valence-electron chi connectivity index (χ1n) is 10.3. The van der Waals surface area contributed by atoms with Crippen LogP contribution in [0.4, 0.5) is 11.8 Å². The number of halogens is 1. The van der Waals surface area contributed by atoms with Crippen LogP contribution in [0, 0.1) is 5.41 Å². The summed E-state index contributed by atoms with van der Waals surface area (Å²) in [6, 6.07) is 9.71. The van der Waals surface area contributed by atoms with Gasteiger partial charge in [-0.3, -0.25) is 9.36 Å². The van der Waals surface area contributed by atoms with Crippen LogP contribution in [0.2, 0.25) is 5.02 Å². The van der Waals surface area contributed by atoms with Crippen molar-refractivity contribution in [2.24, 2.45) is 5.41 Å². The summed E-state index contributed by atoms with van der Waals surface area (Å²) in [6.45, 7) is 6.28. The van der Waals surface area contributed by atoms with Crippen LogP contribution in [0.25, 0.3) is 5.69 Å². The summed E-state index contributed by atoms with van der Waals surface area (Å²) in [7, 11) is 0. The van der Waals surface area contributed by atoms with Crippen LogP contribution < -0.4 is 9.80 Å². The number of hydrogen-bond acceptors (Lipinski definition) is 7. The van der Waals surface area contributed by atoms with Crippen molar-refractivity contribution in [3.05, 3.63) is 52.9 Å². The van der Waals surface area contributed by atoms with Crippen LogP contribution in [0.15, 0.2) is 36.5 Å². The fourth-order valence-electron chi connectivity index (χ4n) is 4.91. The molecule has 0 saturated carbocycles. The molecule has 3 aromatic rings. The van der Waals surface area contributed by atoms with Crippen LogP contribution in [0.1, 0.15) is 18.3 Å². The molecule has 158 valence electrons. The first kappa shape index (κ1) is 18.6. The normalized spacial score (nSPS) is 18.7. The molecule has 31 heavy (non-hydrogen) atoms. The van der Waals surface area contributed by atoms with E-state index in [1.54, 1.807) is 18.0 Å². The Hall–Kier alpha value is -3.20. The van der Waals surface area contributed by atoms with Gasteiger partial charge in [0.2, 0.25) is 11.9 Å². The summed E-state index contributed by atoms with van der Waals surface area (Å²) < 4.78 is 2.08. The second-order valence-corrected chi connectivity index (χ2v) is 9.13. The number of rotatable bonds is 2. The van der Waals surface area contributed by atoms with E-state index in [0.717, 1.165) is 55.0 Å². The zero-order valence-corrected chi connectivity index (χ0v) is 17.8. The Morgan fingerprint density at radius 2 is 1.84 bits per heavy atom. The average Bonchev–Trinajstić information content (AvgIpc) is 3.02.